The first-order valence-electron chi connectivity index (χ1n) is 7.69. The van der Waals surface area contributed by atoms with Gasteiger partial charge in [-0.1, -0.05) is 24.3 Å². The minimum atomic E-state index is -0.470. The second-order valence-electron chi connectivity index (χ2n) is 5.97. The molecule has 2 aromatic carbocycles. The second kappa shape index (κ2) is 5.44. The predicted octanol–water partition coefficient (Wildman–Crippen LogP) is 2.89. The molecule has 1 aliphatic rings. The summed E-state index contributed by atoms with van der Waals surface area (Å²) in [6.45, 7) is 0.393. The van der Waals surface area contributed by atoms with E-state index in [2.05, 4.69) is 16.4 Å². The Morgan fingerprint density at radius 2 is 2.13 bits per heavy atom. The number of oxazole rings is 1. The van der Waals surface area contributed by atoms with E-state index < -0.39 is 5.54 Å². The van der Waals surface area contributed by atoms with Gasteiger partial charge in [-0.2, -0.15) is 0 Å². The molecule has 0 aliphatic heterocycles. The molecule has 1 aromatic heterocycles. The first-order chi connectivity index (χ1) is 11.2. The van der Waals surface area contributed by atoms with Crippen molar-refractivity contribution in [3.05, 3.63) is 65.3 Å². The smallest absolute Gasteiger partial charge is 0.209 e. The molecule has 0 saturated heterocycles. The fourth-order valence-electron chi connectivity index (χ4n) is 3.36. The lowest BCUT2D eigenvalue weighted by Crippen LogP contribution is -2.43. The normalized spacial score (nSPS) is 20.1. The highest BCUT2D eigenvalue weighted by atomic mass is 19.1. The SMILES string of the molecule is OCC1(NCc2nc3cc(F)ccc3o2)CCc2ccccc21. The highest BCUT2D eigenvalue weighted by Gasteiger charge is 2.37. The Morgan fingerprint density at radius 1 is 1.26 bits per heavy atom. The van der Waals surface area contributed by atoms with Gasteiger partial charge in [0.1, 0.15) is 11.3 Å². The van der Waals surface area contributed by atoms with E-state index in [-0.39, 0.29) is 12.4 Å². The molecule has 0 bridgehead atoms. The molecule has 0 spiro atoms. The summed E-state index contributed by atoms with van der Waals surface area (Å²) in [5, 5.41) is 13.3. The first-order valence-corrected chi connectivity index (χ1v) is 7.69. The molecule has 4 rings (SSSR count). The lowest BCUT2D eigenvalue weighted by molar-refractivity contribution is 0.155. The number of hydrogen-bond donors (Lipinski definition) is 2. The van der Waals surface area contributed by atoms with Crippen molar-refractivity contribution in [1.82, 2.24) is 10.3 Å². The number of aliphatic hydroxyl groups excluding tert-OH is 1. The van der Waals surface area contributed by atoms with E-state index in [0.717, 1.165) is 18.4 Å². The van der Waals surface area contributed by atoms with Crippen molar-refractivity contribution in [2.24, 2.45) is 0 Å². The summed E-state index contributed by atoms with van der Waals surface area (Å²) in [4.78, 5) is 4.31. The summed E-state index contributed by atoms with van der Waals surface area (Å²) in [6.07, 6.45) is 1.76. The second-order valence-corrected chi connectivity index (χ2v) is 5.97. The number of benzene rings is 2. The third-order valence-corrected chi connectivity index (χ3v) is 4.60. The van der Waals surface area contributed by atoms with Crippen molar-refractivity contribution in [2.75, 3.05) is 6.61 Å². The first kappa shape index (κ1) is 14.4. The Balaban J connectivity index is 1.59. The Kier molecular flexibility index (Phi) is 3.39. The van der Waals surface area contributed by atoms with Gasteiger partial charge in [0.2, 0.25) is 5.89 Å². The molecule has 23 heavy (non-hydrogen) atoms. The Morgan fingerprint density at radius 3 is 3.00 bits per heavy atom. The number of nitrogens with one attached hydrogen (secondary N) is 1. The van der Waals surface area contributed by atoms with Gasteiger partial charge in [-0.15, -0.1) is 0 Å². The average molecular weight is 312 g/mol. The van der Waals surface area contributed by atoms with Crippen LogP contribution in [0.15, 0.2) is 46.9 Å². The number of aliphatic hydroxyl groups is 1. The van der Waals surface area contributed by atoms with Gasteiger partial charge in [-0.3, -0.25) is 5.32 Å². The van der Waals surface area contributed by atoms with Crippen molar-refractivity contribution in [2.45, 2.75) is 24.9 Å². The van der Waals surface area contributed by atoms with Crippen LogP contribution in [0.25, 0.3) is 11.1 Å². The summed E-state index contributed by atoms with van der Waals surface area (Å²) < 4.78 is 18.9. The van der Waals surface area contributed by atoms with Crippen molar-refractivity contribution in [1.29, 1.82) is 0 Å². The van der Waals surface area contributed by atoms with Gasteiger partial charge in [0, 0.05) is 6.07 Å². The van der Waals surface area contributed by atoms with Crippen LogP contribution in [0.1, 0.15) is 23.4 Å². The monoisotopic (exact) mass is 312 g/mol. The molecule has 3 aromatic rings. The highest BCUT2D eigenvalue weighted by molar-refractivity contribution is 5.72. The van der Waals surface area contributed by atoms with Crippen LogP contribution < -0.4 is 5.32 Å². The number of hydrogen-bond acceptors (Lipinski definition) is 4. The van der Waals surface area contributed by atoms with E-state index in [9.17, 15) is 9.50 Å². The standard InChI is InChI=1S/C18H17FN2O2/c19-13-5-6-16-15(9-13)21-17(23-16)10-20-18(11-22)8-7-12-3-1-2-4-14(12)18/h1-6,9,20,22H,7-8,10-11H2. The molecule has 0 radical (unpaired) electrons. The fourth-order valence-corrected chi connectivity index (χ4v) is 3.36. The number of halogens is 1. The average Bonchev–Trinajstić information content (AvgIpc) is 3.14. The molecule has 0 fully saturated rings. The summed E-state index contributed by atoms with van der Waals surface area (Å²) >= 11 is 0. The maximum absolute atomic E-state index is 13.2. The molecular weight excluding hydrogens is 295 g/mol. The van der Waals surface area contributed by atoms with Crippen LogP contribution in [0.3, 0.4) is 0 Å². The molecule has 5 heteroatoms. The van der Waals surface area contributed by atoms with E-state index in [1.54, 1.807) is 6.07 Å². The molecule has 1 aliphatic carbocycles. The molecule has 1 unspecified atom stereocenters. The third kappa shape index (κ3) is 2.42. The molecular formula is C18H17FN2O2. The molecule has 0 amide bonds. The van der Waals surface area contributed by atoms with Crippen LogP contribution in [0.5, 0.6) is 0 Å². The summed E-state index contributed by atoms with van der Waals surface area (Å²) in [7, 11) is 0. The van der Waals surface area contributed by atoms with Crippen LogP contribution in [0, 0.1) is 5.82 Å². The Labute approximate surface area is 133 Å². The van der Waals surface area contributed by atoms with E-state index in [4.69, 9.17) is 4.42 Å². The van der Waals surface area contributed by atoms with Crippen LogP contribution >= 0.6 is 0 Å². The number of rotatable bonds is 4. The molecule has 4 nitrogen and oxygen atoms in total. The van der Waals surface area contributed by atoms with Gasteiger partial charge in [-0.05, 0) is 36.1 Å². The number of aromatic nitrogens is 1. The van der Waals surface area contributed by atoms with Crippen molar-refractivity contribution >= 4 is 11.1 Å². The van der Waals surface area contributed by atoms with Gasteiger partial charge in [-0.25, -0.2) is 9.37 Å². The Bertz CT molecular complexity index is 861. The zero-order valence-corrected chi connectivity index (χ0v) is 12.6. The molecule has 118 valence electrons. The summed E-state index contributed by atoms with van der Waals surface area (Å²) in [5.74, 6) is 0.157. The van der Waals surface area contributed by atoms with Crippen LogP contribution in [0.2, 0.25) is 0 Å². The number of aryl methyl sites for hydroxylation is 1. The molecule has 2 N–H and O–H groups in total. The fraction of sp³-hybridized carbons (Fsp3) is 0.278. The predicted molar refractivity (Wildman–Crippen MR) is 84.3 cm³/mol. The summed E-state index contributed by atoms with van der Waals surface area (Å²) in [5.41, 5.74) is 2.99. The molecule has 1 heterocycles. The van der Waals surface area contributed by atoms with E-state index in [1.165, 1.54) is 17.7 Å². The van der Waals surface area contributed by atoms with Gasteiger partial charge >= 0.3 is 0 Å². The lowest BCUT2D eigenvalue weighted by atomic mass is 9.92. The maximum Gasteiger partial charge on any atom is 0.209 e. The Hall–Kier alpha value is -2.24. The van der Waals surface area contributed by atoms with Crippen molar-refractivity contribution in [3.63, 3.8) is 0 Å². The zero-order valence-electron chi connectivity index (χ0n) is 12.6. The van der Waals surface area contributed by atoms with Gasteiger partial charge in [0.15, 0.2) is 5.58 Å². The minimum Gasteiger partial charge on any atom is -0.439 e. The van der Waals surface area contributed by atoms with Crippen LogP contribution in [-0.4, -0.2) is 16.7 Å². The van der Waals surface area contributed by atoms with E-state index >= 15 is 0 Å². The third-order valence-electron chi connectivity index (χ3n) is 4.60. The van der Waals surface area contributed by atoms with E-state index in [1.807, 2.05) is 18.2 Å². The quantitative estimate of drug-likeness (QED) is 0.778. The lowest BCUT2D eigenvalue weighted by Gasteiger charge is -2.29. The molecule has 0 saturated carbocycles. The van der Waals surface area contributed by atoms with Gasteiger partial charge < -0.3 is 9.52 Å². The van der Waals surface area contributed by atoms with Crippen molar-refractivity contribution in [3.8, 4) is 0 Å². The summed E-state index contributed by atoms with van der Waals surface area (Å²) in [6, 6.07) is 12.4. The van der Waals surface area contributed by atoms with Gasteiger partial charge in [0.25, 0.3) is 0 Å². The largest absolute Gasteiger partial charge is 0.439 e. The maximum atomic E-state index is 13.2. The van der Waals surface area contributed by atoms with Crippen LogP contribution in [0.4, 0.5) is 4.39 Å². The van der Waals surface area contributed by atoms with Gasteiger partial charge in [0.05, 0.1) is 18.7 Å². The van der Waals surface area contributed by atoms with Crippen LogP contribution in [-0.2, 0) is 18.5 Å². The number of fused-ring (bicyclic) bond motifs is 2. The van der Waals surface area contributed by atoms with Crippen molar-refractivity contribution < 1.29 is 13.9 Å². The number of nitrogens with zero attached hydrogens (tertiary/aromatic N) is 1. The van der Waals surface area contributed by atoms with E-state index in [0.29, 0.717) is 23.5 Å². The minimum absolute atomic E-state index is 0.0128. The molecule has 1 atom stereocenters. The highest BCUT2D eigenvalue weighted by Crippen LogP contribution is 2.36. The zero-order chi connectivity index (χ0) is 15.9. The topological polar surface area (TPSA) is 58.3 Å².